The molecule has 0 saturated heterocycles. The minimum absolute atomic E-state index is 0.594. The molecule has 1 aliphatic rings. The van der Waals surface area contributed by atoms with Gasteiger partial charge < -0.3 is 5.11 Å². The molecule has 76 valence electrons. The number of hydrogen-bond donors (Lipinski definition) is 1. The maximum Gasteiger partial charge on any atom is 0.0916 e. The Bertz CT molecular complexity index is 301. The summed E-state index contributed by atoms with van der Waals surface area (Å²) in [6.45, 7) is 4.43. The van der Waals surface area contributed by atoms with Crippen LogP contribution in [0.15, 0.2) is 24.5 Å². The van der Waals surface area contributed by atoms with E-state index in [-0.39, 0.29) is 0 Å². The van der Waals surface area contributed by atoms with Crippen molar-refractivity contribution >= 4 is 0 Å². The summed E-state index contributed by atoms with van der Waals surface area (Å²) in [6.07, 6.45) is 5.29. The largest absolute Gasteiger partial charge is 0.385 e. The summed E-state index contributed by atoms with van der Waals surface area (Å²) in [6, 6.07) is 3.85. The highest BCUT2D eigenvalue weighted by molar-refractivity contribution is 5.21. The Morgan fingerprint density at radius 2 is 2.21 bits per heavy atom. The molecule has 1 aromatic heterocycles. The van der Waals surface area contributed by atoms with Crippen LogP contribution in [0.3, 0.4) is 0 Å². The first-order valence-corrected chi connectivity index (χ1v) is 5.25. The molecule has 1 aromatic rings. The lowest BCUT2D eigenvalue weighted by molar-refractivity contribution is -0.0935. The molecule has 0 unspecified atom stereocenters. The van der Waals surface area contributed by atoms with Crippen LogP contribution >= 0.6 is 0 Å². The molecule has 0 radical (unpaired) electrons. The third-order valence-electron chi connectivity index (χ3n) is 3.34. The Labute approximate surface area is 85.0 Å². The molecule has 0 spiro atoms. The predicted octanol–water partition coefficient (Wildman–Crippen LogP) is 2.34. The smallest absolute Gasteiger partial charge is 0.0916 e. The molecule has 0 bridgehead atoms. The summed E-state index contributed by atoms with van der Waals surface area (Å²) < 4.78 is 0. The molecule has 1 aliphatic carbocycles. The van der Waals surface area contributed by atoms with Gasteiger partial charge in [0.25, 0.3) is 0 Å². The third kappa shape index (κ3) is 1.55. The number of pyridine rings is 1. The van der Waals surface area contributed by atoms with Gasteiger partial charge in [0, 0.05) is 18.0 Å². The predicted molar refractivity (Wildman–Crippen MR) is 55.7 cm³/mol. The Balaban J connectivity index is 2.08. The molecule has 1 fully saturated rings. The number of aliphatic hydroxyl groups is 1. The van der Waals surface area contributed by atoms with Crippen molar-refractivity contribution in [3.63, 3.8) is 0 Å². The van der Waals surface area contributed by atoms with E-state index < -0.39 is 5.60 Å². The van der Waals surface area contributed by atoms with E-state index in [9.17, 15) is 5.11 Å². The Kier molecular flexibility index (Phi) is 2.31. The molecule has 1 heterocycles. The normalized spacial score (nSPS) is 31.6. The lowest BCUT2D eigenvalue weighted by atomic mass is 9.64. The molecule has 2 heteroatoms. The Hall–Kier alpha value is -0.890. The van der Waals surface area contributed by atoms with Crippen LogP contribution in [0, 0.1) is 11.8 Å². The first-order valence-electron chi connectivity index (χ1n) is 5.25. The zero-order chi connectivity index (χ0) is 10.2. The van der Waals surface area contributed by atoms with Gasteiger partial charge in [-0.25, -0.2) is 0 Å². The van der Waals surface area contributed by atoms with Gasteiger partial charge in [0.05, 0.1) is 5.60 Å². The van der Waals surface area contributed by atoms with Crippen molar-refractivity contribution in [2.75, 3.05) is 0 Å². The second kappa shape index (κ2) is 3.35. The molecule has 0 atom stereocenters. The van der Waals surface area contributed by atoms with E-state index in [0.29, 0.717) is 11.8 Å². The first kappa shape index (κ1) is 9.66. The fourth-order valence-electron chi connectivity index (χ4n) is 2.15. The Morgan fingerprint density at radius 3 is 2.71 bits per heavy atom. The van der Waals surface area contributed by atoms with Crippen LogP contribution in [0.2, 0.25) is 0 Å². The van der Waals surface area contributed by atoms with Crippen molar-refractivity contribution in [2.45, 2.75) is 32.3 Å². The van der Waals surface area contributed by atoms with Crippen LogP contribution in [-0.4, -0.2) is 10.1 Å². The fraction of sp³-hybridized carbons (Fsp3) is 0.583. The average molecular weight is 191 g/mol. The number of rotatable bonds is 2. The van der Waals surface area contributed by atoms with Crippen molar-refractivity contribution < 1.29 is 5.11 Å². The van der Waals surface area contributed by atoms with Crippen LogP contribution < -0.4 is 0 Å². The highest BCUT2D eigenvalue weighted by atomic mass is 16.3. The molecule has 0 aliphatic heterocycles. The molecular formula is C12H17NO. The SMILES string of the molecule is CC(C)C1CC(O)(c2cccnc2)C1. The highest BCUT2D eigenvalue weighted by Gasteiger charge is 2.44. The maximum absolute atomic E-state index is 10.3. The topological polar surface area (TPSA) is 33.1 Å². The van der Waals surface area contributed by atoms with Gasteiger partial charge in [-0.05, 0) is 30.7 Å². The van der Waals surface area contributed by atoms with Gasteiger partial charge in [-0.3, -0.25) is 4.98 Å². The van der Waals surface area contributed by atoms with E-state index in [1.54, 1.807) is 12.4 Å². The zero-order valence-electron chi connectivity index (χ0n) is 8.77. The summed E-state index contributed by atoms with van der Waals surface area (Å²) in [7, 11) is 0. The lowest BCUT2D eigenvalue weighted by Gasteiger charge is -2.45. The van der Waals surface area contributed by atoms with Crippen LogP contribution in [0.5, 0.6) is 0 Å². The fourth-order valence-corrected chi connectivity index (χ4v) is 2.15. The van der Waals surface area contributed by atoms with Crippen molar-refractivity contribution in [3.8, 4) is 0 Å². The third-order valence-corrected chi connectivity index (χ3v) is 3.34. The van der Waals surface area contributed by atoms with Crippen molar-refractivity contribution in [1.82, 2.24) is 4.98 Å². The van der Waals surface area contributed by atoms with Crippen LogP contribution in [0.25, 0.3) is 0 Å². The van der Waals surface area contributed by atoms with E-state index in [4.69, 9.17) is 0 Å². The van der Waals surface area contributed by atoms with Crippen LogP contribution in [-0.2, 0) is 5.60 Å². The lowest BCUT2D eigenvalue weighted by Crippen LogP contribution is -2.43. The first-order chi connectivity index (χ1) is 6.62. The average Bonchev–Trinajstić information content (AvgIpc) is 2.14. The van der Waals surface area contributed by atoms with Crippen LogP contribution in [0.4, 0.5) is 0 Å². The number of aromatic nitrogens is 1. The molecule has 2 nitrogen and oxygen atoms in total. The van der Waals surface area contributed by atoms with E-state index in [0.717, 1.165) is 18.4 Å². The molecule has 0 aromatic carbocycles. The van der Waals surface area contributed by atoms with E-state index in [1.165, 1.54) is 0 Å². The molecule has 2 rings (SSSR count). The zero-order valence-corrected chi connectivity index (χ0v) is 8.77. The standard InChI is InChI=1S/C12H17NO/c1-9(2)10-6-12(14,7-10)11-4-3-5-13-8-11/h3-5,8-10,14H,6-7H2,1-2H3. The van der Waals surface area contributed by atoms with E-state index >= 15 is 0 Å². The summed E-state index contributed by atoms with van der Waals surface area (Å²) in [5.74, 6) is 1.34. The van der Waals surface area contributed by atoms with Gasteiger partial charge in [-0.15, -0.1) is 0 Å². The van der Waals surface area contributed by atoms with E-state index in [2.05, 4.69) is 18.8 Å². The summed E-state index contributed by atoms with van der Waals surface area (Å²) in [5, 5.41) is 10.3. The second-order valence-electron chi connectivity index (χ2n) is 4.69. The minimum atomic E-state index is -0.594. The molecule has 14 heavy (non-hydrogen) atoms. The Morgan fingerprint density at radius 1 is 1.50 bits per heavy atom. The van der Waals surface area contributed by atoms with Gasteiger partial charge in [0.2, 0.25) is 0 Å². The summed E-state index contributed by atoms with van der Waals surface area (Å²) >= 11 is 0. The quantitative estimate of drug-likeness (QED) is 0.778. The van der Waals surface area contributed by atoms with Gasteiger partial charge in [0.1, 0.15) is 0 Å². The van der Waals surface area contributed by atoms with Crippen molar-refractivity contribution in [1.29, 1.82) is 0 Å². The van der Waals surface area contributed by atoms with Crippen molar-refractivity contribution in [2.24, 2.45) is 11.8 Å². The van der Waals surface area contributed by atoms with Crippen LogP contribution in [0.1, 0.15) is 32.3 Å². The van der Waals surface area contributed by atoms with Gasteiger partial charge in [-0.2, -0.15) is 0 Å². The highest BCUT2D eigenvalue weighted by Crippen LogP contribution is 2.48. The van der Waals surface area contributed by atoms with Gasteiger partial charge in [0.15, 0.2) is 0 Å². The van der Waals surface area contributed by atoms with Crippen molar-refractivity contribution in [3.05, 3.63) is 30.1 Å². The second-order valence-corrected chi connectivity index (χ2v) is 4.69. The van der Waals surface area contributed by atoms with Gasteiger partial charge >= 0.3 is 0 Å². The summed E-state index contributed by atoms with van der Waals surface area (Å²) in [4.78, 5) is 4.04. The molecule has 1 saturated carbocycles. The minimum Gasteiger partial charge on any atom is -0.385 e. The number of hydrogen-bond acceptors (Lipinski definition) is 2. The molecular weight excluding hydrogens is 174 g/mol. The molecule has 1 N–H and O–H groups in total. The monoisotopic (exact) mass is 191 g/mol. The summed E-state index contributed by atoms with van der Waals surface area (Å²) in [5.41, 5.74) is 0.375. The van der Waals surface area contributed by atoms with E-state index in [1.807, 2.05) is 12.1 Å². The number of nitrogens with zero attached hydrogens (tertiary/aromatic N) is 1. The maximum atomic E-state index is 10.3. The molecule has 0 amide bonds. The van der Waals surface area contributed by atoms with Gasteiger partial charge in [-0.1, -0.05) is 19.9 Å².